The zero-order chi connectivity index (χ0) is 12.3. The summed E-state index contributed by atoms with van der Waals surface area (Å²) in [5.74, 6) is 0. The monoisotopic (exact) mass is 247 g/mol. The summed E-state index contributed by atoms with van der Waals surface area (Å²) in [6, 6.07) is 6.55. The van der Waals surface area contributed by atoms with Crippen LogP contribution < -0.4 is 5.32 Å². The molecule has 0 radical (unpaired) electrons. The van der Waals surface area contributed by atoms with Gasteiger partial charge in [-0.3, -0.25) is 4.98 Å². The minimum Gasteiger partial charge on any atom is -0.301 e. The highest BCUT2D eigenvalue weighted by Crippen LogP contribution is 2.23. The average molecular weight is 247 g/mol. The number of nitrogens with zero attached hydrogens (tertiary/aromatic N) is 2. The first-order chi connectivity index (χ1) is 8.18. The summed E-state index contributed by atoms with van der Waals surface area (Å²) in [6.45, 7) is 6.35. The van der Waals surface area contributed by atoms with Crippen LogP contribution in [0.4, 0.5) is 0 Å². The summed E-state index contributed by atoms with van der Waals surface area (Å²) >= 11 is 1.70. The van der Waals surface area contributed by atoms with Crippen molar-refractivity contribution >= 4 is 11.3 Å². The summed E-state index contributed by atoms with van der Waals surface area (Å²) in [7, 11) is 0. The van der Waals surface area contributed by atoms with Crippen molar-refractivity contribution in [3.63, 3.8) is 0 Å². The molecule has 0 saturated heterocycles. The quantitative estimate of drug-likeness (QED) is 0.901. The number of nitrogens with one attached hydrogen (secondary N) is 1. The van der Waals surface area contributed by atoms with Crippen molar-refractivity contribution in [1.82, 2.24) is 15.3 Å². The van der Waals surface area contributed by atoms with Gasteiger partial charge in [0.15, 0.2) is 0 Å². The fraction of sp³-hybridized carbons (Fsp3) is 0.385. The van der Waals surface area contributed by atoms with Crippen LogP contribution in [0.2, 0.25) is 0 Å². The maximum atomic E-state index is 4.36. The first kappa shape index (κ1) is 12.2. The number of thiazole rings is 1. The van der Waals surface area contributed by atoms with Crippen molar-refractivity contribution in [3.05, 3.63) is 46.2 Å². The standard InChI is InChI=1S/C13H17N3S/c1-9(12-6-4-5-7-14-12)16-11(3)13-10(2)15-8-17-13/h4-9,11,16H,1-3H3/t9-,11?/m0/s1. The molecule has 2 atom stereocenters. The summed E-state index contributed by atoms with van der Waals surface area (Å²) in [5.41, 5.74) is 4.08. The van der Waals surface area contributed by atoms with Gasteiger partial charge in [-0.05, 0) is 32.9 Å². The SMILES string of the molecule is Cc1ncsc1C(C)N[C@@H](C)c1ccccn1. The fourth-order valence-corrected chi connectivity index (χ4v) is 2.71. The molecule has 0 saturated carbocycles. The van der Waals surface area contributed by atoms with E-state index in [1.807, 2.05) is 29.9 Å². The normalized spacial score (nSPS) is 14.5. The smallest absolute Gasteiger partial charge is 0.0798 e. The van der Waals surface area contributed by atoms with Crippen LogP contribution in [0.15, 0.2) is 29.9 Å². The number of pyridine rings is 1. The van der Waals surface area contributed by atoms with Crippen LogP contribution in [0.25, 0.3) is 0 Å². The van der Waals surface area contributed by atoms with E-state index in [2.05, 4.69) is 36.1 Å². The number of hydrogen-bond donors (Lipinski definition) is 1. The Kier molecular flexibility index (Phi) is 3.86. The zero-order valence-corrected chi connectivity index (χ0v) is 11.2. The van der Waals surface area contributed by atoms with E-state index in [0.29, 0.717) is 6.04 Å². The third-order valence-electron chi connectivity index (χ3n) is 2.81. The van der Waals surface area contributed by atoms with E-state index in [4.69, 9.17) is 0 Å². The molecule has 0 aromatic carbocycles. The molecule has 2 aromatic rings. The molecule has 0 aliphatic heterocycles. The van der Waals surface area contributed by atoms with Crippen molar-refractivity contribution in [3.8, 4) is 0 Å². The molecule has 0 amide bonds. The largest absolute Gasteiger partial charge is 0.301 e. The predicted molar refractivity (Wildman–Crippen MR) is 71.1 cm³/mol. The molecule has 2 rings (SSSR count). The van der Waals surface area contributed by atoms with Crippen LogP contribution in [-0.4, -0.2) is 9.97 Å². The minimum atomic E-state index is 0.243. The van der Waals surface area contributed by atoms with Gasteiger partial charge in [0, 0.05) is 23.2 Å². The third-order valence-corrected chi connectivity index (χ3v) is 3.92. The molecule has 17 heavy (non-hydrogen) atoms. The first-order valence-corrected chi connectivity index (χ1v) is 6.63. The average Bonchev–Trinajstić information content (AvgIpc) is 2.76. The third kappa shape index (κ3) is 2.90. The van der Waals surface area contributed by atoms with Gasteiger partial charge in [-0.25, -0.2) is 4.98 Å². The van der Waals surface area contributed by atoms with Crippen LogP contribution in [0.1, 0.15) is 42.2 Å². The van der Waals surface area contributed by atoms with Gasteiger partial charge < -0.3 is 5.32 Å². The van der Waals surface area contributed by atoms with Crippen LogP contribution in [0, 0.1) is 6.92 Å². The lowest BCUT2D eigenvalue weighted by molar-refractivity contribution is 0.489. The molecule has 3 nitrogen and oxygen atoms in total. The Morgan fingerprint density at radius 2 is 2.00 bits per heavy atom. The highest BCUT2D eigenvalue weighted by molar-refractivity contribution is 7.09. The Labute approximate surface area is 106 Å². The Morgan fingerprint density at radius 3 is 2.59 bits per heavy atom. The number of aromatic nitrogens is 2. The summed E-state index contributed by atoms with van der Waals surface area (Å²) in [4.78, 5) is 9.94. The molecule has 0 fully saturated rings. The van der Waals surface area contributed by atoms with Crippen LogP contribution >= 0.6 is 11.3 Å². The lowest BCUT2D eigenvalue weighted by Gasteiger charge is -2.19. The van der Waals surface area contributed by atoms with Gasteiger partial charge in [0.1, 0.15) is 0 Å². The molecule has 2 aromatic heterocycles. The van der Waals surface area contributed by atoms with E-state index in [1.54, 1.807) is 11.3 Å². The van der Waals surface area contributed by atoms with Crippen molar-refractivity contribution in [1.29, 1.82) is 0 Å². The van der Waals surface area contributed by atoms with Gasteiger partial charge in [-0.15, -0.1) is 11.3 Å². The van der Waals surface area contributed by atoms with E-state index in [9.17, 15) is 0 Å². The summed E-state index contributed by atoms with van der Waals surface area (Å²) in [5, 5.41) is 3.55. The molecule has 0 spiro atoms. The van der Waals surface area contributed by atoms with Gasteiger partial charge >= 0.3 is 0 Å². The summed E-state index contributed by atoms with van der Waals surface area (Å²) < 4.78 is 0. The van der Waals surface area contributed by atoms with Crippen LogP contribution in [-0.2, 0) is 0 Å². The van der Waals surface area contributed by atoms with E-state index in [-0.39, 0.29) is 6.04 Å². The Bertz CT molecular complexity index is 467. The first-order valence-electron chi connectivity index (χ1n) is 5.75. The molecule has 0 aliphatic rings. The Balaban J connectivity index is 2.05. The van der Waals surface area contributed by atoms with E-state index < -0.39 is 0 Å². The van der Waals surface area contributed by atoms with Gasteiger partial charge in [-0.1, -0.05) is 6.07 Å². The molecule has 1 N–H and O–H groups in total. The molecule has 1 unspecified atom stereocenters. The second-order valence-electron chi connectivity index (χ2n) is 4.17. The van der Waals surface area contributed by atoms with Crippen molar-refractivity contribution in [2.45, 2.75) is 32.9 Å². The van der Waals surface area contributed by atoms with Crippen LogP contribution in [0.3, 0.4) is 0 Å². The highest BCUT2D eigenvalue weighted by Gasteiger charge is 2.14. The van der Waals surface area contributed by atoms with Crippen molar-refractivity contribution < 1.29 is 0 Å². The Morgan fingerprint density at radius 1 is 1.18 bits per heavy atom. The second kappa shape index (κ2) is 5.38. The molecular weight excluding hydrogens is 230 g/mol. The molecule has 4 heteroatoms. The summed E-state index contributed by atoms with van der Waals surface area (Å²) in [6.07, 6.45) is 1.83. The van der Waals surface area contributed by atoms with E-state index in [0.717, 1.165) is 11.4 Å². The van der Waals surface area contributed by atoms with Gasteiger partial charge in [-0.2, -0.15) is 0 Å². The van der Waals surface area contributed by atoms with Crippen LogP contribution in [0.5, 0.6) is 0 Å². The maximum absolute atomic E-state index is 4.36. The second-order valence-corrected chi connectivity index (χ2v) is 5.05. The molecule has 2 heterocycles. The fourth-order valence-electron chi connectivity index (χ4n) is 1.89. The lowest BCUT2D eigenvalue weighted by Crippen LogP contribution is -2.23. The zero-order valence-electron chi connectivity index (χ0n) is 10.3. The maximum Gasteiger partial charge on any atom is 0.0798 e. The highest BCUT2D eigenvalue weighted by atomic mass is 32.1. The van der Waals surface area contributed by atoms with E-state index >= 15 is 0 Å². The topological polar surface area (TPSA) is 37.8 Å². The van der Waals surface area contributed by atoms with Crippen molar-refractivity contribution in [2.24, 2.45) is 0 Å². The number of rotatable bonds is 4. The molecule has 90 valence electrons. The minimum absolute atomic E-state index is 0.243. The molecule has 0 bridgehead atoms. The van der Waals surface area contributed by atoms with Gasteiger partial charge in [0.2, 0.25) is 0 Å². The van der Waals surface area contributed by atoms with E-state index in [1.165, 1.54) is 4.88 Å². The van der Waals surface area contributed by atoms with Gasteiger partial charge in [0.25, 0.3) is 0 Å². The molecule has 0 aliphatic carbocycles. The number of aryl methyl sites for hydroxylation is 1. The van der Waals surface area contributed by atoms with Crippen molar-refractivity contribution in [2.75, 3.05) is 0 Å². The molecular formula is C13H17N3S. The Hall–Kier alpha value is -1.26. The van der Waals surface area contributed by atoms with Gasteiger partial charge in [0.05, 0.1) is 16.9 Å². The predicted octanol–water partition coefficient (Wildman–Crippen LogP) is 3.26. The number of hydrogen-bond acceptors (Lipinski definition) is 4. The lowest BCUT2D eigenvalue weighted by atomic mass is 10.1.